The zero-order valence-corrected chi connectivity index (χ0v) is 21.0. The number of nitrogens with two attached hydrogens (primary N) is 1. The molecule has 1 aliphatic rings. The number of amides is 3. The summed E-state index contributed by atoms with van der Waals surface area (Å²) in [7, 11) is 0. The molecule has 2 bridgehead atoms. The number of allylic oxidation sites excluding steroid dienone is 2. The molecular formula is C24H32FN5O5S. The van der Waals surface area contributed by atoms with Gasteiger partial charge in [0, 0.05) is 6.07 Å². The molecular weight excluding hydrogens is 489 g/mol. The molecule has 0 fully saturated rings. The molecule has 0 unspecified atom stereocenters. The van der Waals surface area contributed by atoms with E-state index in [2.05, 4.69) is 33.6 Å². The lowest BCUT2D eigenvalue weighted by Gasteiger charge is -2.22. The van der Waals surface area contributed by atoms with E-state index in [1.165, 1.54) is 13.0 Å². The normalized spacial score (nSPS) is 21.2. The zero-order chi connectivity index (χ0) is 26.5. The van der Waals surface area contributed by atoms with E-state index < -0.39 is 41.7 Å². The first-order valence-electron chi connectivity index (χ1n) is 11.7. The molecule has 5 N–H and O–H groups in total. The van der Waals surface area contributed by atoms with Gasteiger partial charge in [0.1, 0.15) is 29.4 Å². The molecule has 0 saturated carbocycles. The third-order valence-corrected chi connectivity index (χ3v) is 5.42. The van der Waals surface area contributed by atoms with Gasteiger partial charge in [-0.15, -0.1) is 0 Å². The standard InChI is InChI=1S/C24H32FN5O5S/c1-2-18-22(32)30-19(8-3-5-9-26)24(34)35-17(7-4-6-10-36)13-21(31)27-14-16-11-15(25)12-20(28-16)23(33)29-18/h2,4,7,11-12,17,19,36H,3,5-6,8-10,13-14,26H2,1H3,(H,27,31)(H,29,33)(H,30,32)/b7-4+,18-2-/t17-,19+/m1/s1. The van der Waals surface area contributed by atoms with Crippen LogP contribution in [0.3, 0.4) is 0 Å². The highest BCUT2D eigenvalue weighted by molar-refractivity contribution is 7.80. The van der Waals surface area contributed by atoms with Crippen LogP contribution >= 0.6 is 12.6 Å². The van der Waals surface area contributed by atoms with E-state index in [9.17, 15) is 23.6 Å². The van der Waals surface area contributed by atoms with Crippen LogP contribution in [0.15, 0.2) is 36.1 Å². The summed E-state index contributed by atoms with van der Waals surface area (Å²) < 4.78 is 19.7. The number of aromatic nitrogens is 1. The number of ether oxygens (including phenoxy) is 1. The minimum atomic E-state index is -1.05. The van der Waals surface area contributed by atoms with E-state index in [1.807, 2.05) is 0 Å². The number of thiol groups is 1. The predicted molar refractivity (Wildman–Crippen MR) is 134 cm³/mol. The van der Waals surface area contributed by atoms with Gasteiger partial charge in [-0.1, -0.05) is 12.2 Å². The van der Waals surface area contributed by atoms with E-state index in [0.29, 0.717) is 31.6 Å². The van der Waals surface area contributed by atoms with Crippen molar-refractivity contribution in [3.05, 3.63) is 53.3 Å². The maximum absolute atomic E-state index is 14.1. The molecule has 0 aromatic carbocycles. The van der Waals surface area contributed by atoms with Gasteiger partial charge in [0.25, 0.3) is 11.8 Å². The van der Waals surface area contributed by atoms with Gasteiger partial charge in [-0.3, -0.25) is 14.4 Å². The van der Waals surface area contributed by atoms with Crippen molar-refractivity contribution in [2.75, 3.05) is 12.3 Å². The summed E-state index contributed by atoms with van der Waals surface area (Å²) >= 11 is 4.14. The molecule has 0 radical (unpaired) electrons. The molecule has 36 heavy (non-hydrogen) atoms. The average Bonchev–Trinajstić information content (AvgIpc) is 2.84. The summed E-state index contributed by atoms with van der Waals surface area (Å²) in [5.41, 5.74) is 5.24. The summed E-state index contributed by atoms with van der Waals surface area (Å²) in [6, 6.07) is 0.954. The molecule has 1 aromatic heterocycles. The van der Waals surface area contributed by atoms with E-state index in [0.717, 1.165) is 12.1 Å². The Hall–Kier alpha value is -3.25. The highest BCUT2D eigenvalue weighted by atomic mass is 32.1. The molecule has 1 aliphatic heterocycles. The smallest absolute Gasteiger partial charge is 0.329 e. The monoisotopic (exact) mass is 521 g/mol. The van der Waals surface area contributed by atoms with Gasteiger partial charge in [0.15, 0.2) is 0 Å². The third-order valence-electron chi connectivity index (χ3n) is 5.16. The van der Waals surface area contributed by atoms with Crippen LogP contribution < -0.4 is 21.7 Å². The van der Waals surface area contributed by atoms with Crippen LogP contribution in [-0.4, -0.2) is 53.1 Å². The lowest BCUT2D eigenvalue weighted by Crippen LogP contribution is -2.46. The van der Waals surface area contributed by atoms with Crippen LogP contribution in [0.1, 0.15) is 55.2 Å². The van der Waals surface area contributed by atoms with Crippen LogP contribution in [-0.2, 0) is 25.7 Å². The van der Waals surface area contributed by atoms with Crippen molar-refractivity contribution >= 4 is 36.3 Å². The van der Waals surface area contributed by atoms with Crippen LogP contribution in [0.2, 0.25) is 0 Å². The number of esters is 1. The highest BCUT2D eigenvalue weighted by Gasteiger charge is 2.27. The summed E-state index contributed by atoms with van der Waals surface area (Å²) in [6.45, 7) is 1.78. The van der Waals surface area contributed by atoms with Gasteiger partial charge in [0.05, 0.1) is 18.7 Å². The van der Waals surface area contributed by atoms with Crippen molar-refractivity contribution in [2.24, 2.45) is 5.73 Å². The van der Waals surface area contributed by atoms with Crippen molar-refractivity contribution < 1.29 is 28.3 Å². The number of carbonyl (C=O) groups is 4. The Kier molecular flexibility index (Phi) is 12.1. The number of carbonyl (C=O) groups excluding carboxylic acids is 4. The zero-order valence-electron chi connectivity index (χ0n) is 20.1. The lowest BCUT2D eigenvalue weighted by atomic mass is 10.1. The maximum atomic E-state index is 14.1. The summed E-state index contributed by atoms with van der Waals surface area (Å²) in [4.78, 5) is 55.2. The molecule has 3 amide bonds. The fourth-order valence-corrected chi connectivity index (χ4v) is 3.48. The van der Waals surface area contributed by atoms with Gasteiger partial charge in [-0.25, -0.2) is 14.2 Å². The lowest BCUT2D eigenvalue weighted by molar-refractivity contribution is -0.152. The largest absolute Gasteiger partial charge is 0.456 e. The second-order valence-electron chi connectivity index (χ2n) is 8.03. The van der Waals surface area contributed by atoms with Crippen molar-refractivity contribution in [2.45, 2.75) is 57.7 Å². The highest BCUT2D eigenvalue weighted by Crippen LogP contribution is 2.11. The van der Waals surface area contributed by atoms with Crippen molar-refractivity contribution in [3.63, 3.8) is 0 Å². The number of fused-ring (bicyclic) bond motifs is 2. The van der Waals surface area contributed by atoms with Gasteiger partial charge >= 0.3 is 5.97 Å². The number of pyridine rings is 1. The fraction of sp³-hybridized carbons (Fsp3) is 0.458. The Bertz CT molecular complexity index is 1020. The van der Waals surface area contributed by atoms with Crippen molar-refractivity contribution in [1.82, 2.24) is 20.9 Å². The molecule has 1 aromatic rings. The minimum absolute atomic E-state index is 0.103. The number of cyclic esters (lactones) is 1. The average molecular weight is 522 g/mol. The summed E-state index contributed by atoms with van der Waals surface area (Å²) in [5.74, 6) is -2.93. The molecule has 10 nitrogen and oxygen atoms in total. The molecule has 12 heteroatoms. The van der Waals surface area contributed by atoms with E-state index in [4.69, 9.17) is 10.5 Å². The molecule has 0 spiro atoms. The van der Waals surface area contributed by atoms with E-state index in [-0.39, 0.29) is 36.5 Å². The number of halogens is 1. The van der Waals surface area contributed by atoms with Crippen LogP contribution in [0.25, 0.3) is 0 Å². The van der Waals surface area contributed by atoms with E-state index >= 15 is 0 Å². The minimum Gasteiger partial charge on any atom is -0.456 e. The quantitative estimate of drug-likeness (QED) is 0.119. The second-order valence-corrected chi connectivity index (χ2v) is 8.47. The number of rotatable bonds is 7. The van der Waals surface area contributed by atoms with Gasteiger partial charge in [0.2, 0.25) is 5.91 Å². The molecule has 2 atom stereocenters. The third kappa shape index (κ3) is 9.42. The number of hydrogen-bond donors (Lipinski definition) is 5. The molecule has 2 heterocycles. The molecule has 196 valence electrons. The van der Waals surface area contributed by atoms with Crippen LogP contribution in [0.4, 0.5) is 4.39 Å². The topological polar surface area (TPSA) is 153 Å². The Morgan fingerprint density at radius 1 is 1.22 bits per heavy atom. The molecule has 2 rings (SSSR count). The number of unbranched alkanes of at least 4 members (excludes halogenated alkanes) is 1. The number of hydrogen-bond acceptors (Lipinski definition) is 8. The van der Waals surface area contributed by atoms with E-state index in [1.54, 1.807) is 12.2 Å². The van der Waals surface area contributed by atoms with Gasteiger partial charge in [-0.05, 0) is 57.0 Å². The summed E-state index contributed by atoms with van der Waals surface area (Å²) in [6.07, 6.45) is 5.55. The Balaban J connectivity index is 2.41. The van der Waals surface area contributed by atoms with Gasteiger partial charge < -0.3 is 26.4 Å². The maximum Gasteiger partial charge on any atom is 0.329 e. The predicted octanol–water partition coefficient (Wildman–Crippen LogP) is 1.28. The fourth-order valence-electron chi connectivity index (χ4n) is 3.33. The summed E-state index contributed by atoms with van der Waals surface area (Å²) in [5, 5.41) is 7.56. The SMILES string of the molecule is C/C=C1\NC(=O)c2cc(F)cc(n2)CNC(=O)C[C@@H](/C=C/CCS)OC(=O)[C@H](CCCCN)NC1=O. The molecule has 0 saturated heterocycles. The van der Waals surface area contributed by atoms with Gasteiger partial charge in [-0.2, -0.15) is 12.6 Å². The Morgan fingerprint density at radius 3 is 2.69 bits per heavy atom. The first-order chi connectivity index (χ1) is 17.3. The first kappa shape index (κ1) is 29.0. The van der Waals surface area contributed by atoms with Crippen molar-refractivity contribution in [1.29, 1.82) is 0 Å². The Morgan fingerprint density at radius 2 is 2.00 bits per heavy atom. The van der Waals surface area contributed by atoms with Crippen LogP contribution in [0.5, 0.6) is 0 Å². The van der Waals surface area contributed by atoms with Crippen LogP contribution in [0, 0.1) is 5.82 Å². The molecule has 0 aliphatic carbocycles. The number of nitrogens with one attached hydrogen (secondary N) is 3. The second kappa shape index (κ2) is 15.0. The Labute approximate surface area is 214 Å². The van der Waals surface area contributed by atoms with Crippen molar-refractivity contribution in [3.8, 4) is 0 Å². The first-order valence-corrected chi connectivity index (χ1v) is 12.3. The number of nitrogens with zero attached hydrogens (tertiary/aromatic N) is 1.